The third-order valence-corrected chi connectivity index (χ3v) is 4.53. The number of carbonyl (C=O) groups is 2. The molecule has 2 amide bonds. The summed E-state index contributed by atoms with van der Waals surface area (Å²) < 4.78 is 0. The first-order chi connectivity index (χ1) is 12.0. The SMILES string of the molecule is CN(CC1CCN1C(=O)c1cccc(Cl)n1)C(=O)c1cccc(Cl)n1. The molecule has 2 aromatic heterocycles. The third kappa shape index (κ3) is 3.91. The molecule has 0 aliphatic carbocycles. The monoisotopic (exact) mass is 378 g/mol. The molecule has 1 aliphatic rings. The van der Waals surface area contributed by atoms with Gasteiger partial charge < -0.3 is 9.80 Å². The van der Waals surface area contributed by atoms with Crippen molar-refractivity contribution in [2.75, 3.05) is 20.1 Å². The van der Waals surface area contributed by atoms with Crippen molar-refractivity contribution in [2.45, 2.75) is 12.5 Å². The maximum Gasteiger partial charge on any atom is 0.272 e. The Balaban J connectivity index is 1.65. The van der Waals surface area contributed by atoms with Gasteiger partial charge in [-0.15, -0.1) is 0 Å². The Labute approximate surface area is 155 Å². The second-order valence-electron chi connectivity index (χ2n) is 5.82. The number of carbonyl (C=O) groups excluding carboxylic acids is 2. The lowest BCUT2D eigenvalue weighted by atomic mass is 10.0. The minimum absolute atomic E-state index is 0.0542. The van der Waals surface area contributed by atoms with Gasteiger partial charge in [-0.1, -0.05) is 35.3 Å². The van der Waals surface area contributed by atoms with Gasteiger partial charge in [-0.05, 0) is 30.7 Å². The summed E-state index contributed by atoms with van der Waals surface area (Å²) in [6.45, 7) is 1.05. The van der Waals surface area contributed by atoms with E-state index in [2.05, 4.69) is 9.97 Å². The summed E-state index contributed by atoms with van der Waals surface area (Å²) in [6.07, 6.45) is 0.826. The largest absolute Gasteiger partial charge is 0.338 e. The van der Waals surface area contributed by atoms with Gasteiger partial charge in [0, 0.05) is 20.1 Å². The predicted octanol–water partition coefficient (Wildman–Crippen LogP) is 2.77. The van der Waals surface area contributed by atoms with Crippen LogP contribution < -0.4 is 0 Å². The zero-order chi connectivity index (χ0) is 18.0. The van der Waals surface area contributed by atoms with Crippen LogP contribution in [0.25, 0.3) is 0 Å². The summed E-state index contributed by atoms with van der Waals surface area (Å²) in [7, 11) is 1.68. The first-order valence-electron chi connectivity index (χ1n) is 7.77. The van der Waals surface area contributed by atoms with Crippen LogP contribution in [-0.2, 0) is 0 Å². The van der Waals surface area contributed by atoms with Gasteiger partial charge in [-0.3, -0.25) is 9.59 Å². The van der Waals surface area contributed by atoms with Crippen molar-refractivity contribution < 1.29 is 9.59 Å². The standard InChI is InChI=1S/C17H16Cl2N4O2/c1-22(16(24)12-4-2-6-14(18)20-12)10-11-8-9-23(11)17(25)13-5-3-7-15(19)21-13/h2-7,11H,8-10H2,1H3. The van der Waals surface area contributed by atoms with E-state index in [1.54, 1.807) is 53.2 Å². The summed E-state index contributed by atoms with van der Waals surface area (Å²) in [5, 5.41) is 0.550. The number of likely N-dealkylation sites (N-methyl/N-ethyl adjacent to an activating group) is 1. The van der Waals surface area contributed by atoms with E-state index in [0.717, 1.165) is 6.42 Å². The van der Waals surface area contributed by atoms with Gasteiger partial charge in [0.2, 0.25) is 0 Å². The molecule has 0 saturated carbocycles. The van der Waals surface area contributed by atoms with E-state index in [9.17, 15) is 9.59 Å². The van der Waals surface area contributed by atoms with E-state index < -0.39 is 0 Å². The lowest BCUT2D eigenvalue weighted by Gasteiger charge is -2.42. The lowest BCUT2D eigenvalue weighted by Crippen LogP contribution is -2.56. The zero-order valence-corrected chi connectivity index (χ0v) is 15.0. The maximum absolute atomic E-state index is 12.5. The summed E-state index contributed by atoms with van der Waals surface area (Å²) in [6, 6.07) is 9.80. The minimum Gasteiger partial charge on any atom is -0.338 e. The summed E-state index contributed by atoms with van der Waals surface area (Å²) in [4.78, 5) is 36.3. The molecule has 0 spiro atoms. The van der Waals surface area contributed by atoms with E-state index in [1.807, 2.05) is 0 Å². The van der Waals surface area contributed by atoms with Crippen LogP contribution in [0.4, 0.5) is 0 Å². The average Bonchev–Trinajstić information content (AvgIpc) is 2.57. The molecule has 2 aromatic rings. The molecule has 6 nitrogen and oxygen atoms in total. The second kappa shape index (κ2) is 7.37. The number of aromatic nitrogens is 2. The van der Waals surface area contributed by atoms with Gasteiger partial charge in [-0.25, -0.2) is 9.97 Å². The quantitative estimate of drug-likeness (QED) is 0.767. The van der Waals surface area contributed by atoms with Gasteiger partial charge >= 0.3 is 0 Å². The highest BCUT2D eigenvalue weighted by Gasteiger charge is 2.35. The minimum atomic E-state index is -0.234. The molecular formula is C17H16Cl2N4O2. The fourth-order valence-electron chi connectivity index (χ4n) is 2.69. The molecule has 1 unspecified atom stereocenters. The first kappa shape index (κ1) is 17.6. The van der Waals surface area contributed by atoms with Gasteiger partial charge in [0.1, 0.15) is 21.7 Å². The normalized spacial score (nSPS) is 16.3. The topological polar surface area (TPSA) is 66.4 Å². The Hall–Kier alpha value is -2.18. The van der Waals surface area contributed by atoms with Crippen LogP contribution in [0.5, 0.6) is 0 Å². The van der Waals surface area contributed by atoms with Crippen LogP contribution in [0.15, 0.2) is 36.4 Å². The van der Waals surface area contributed by atoms with E-state index in [0.29, 0.717) is 18.8 Å². The molecule has 0 aromatic carbocycles. The summed E-state index contributed by atoms with van der Waals surface area (Å²) >= 11 is 11.7. The maximum atomic E-state index is 12.5. The Morgan fingerprint density at radius 2 is 1.72 bits per heavy atom. The highest BCUT2D eigenvalue weighted by molar-refractivity contribution is 6.29. The Bertz CT molecular complexity index is 815. The Morgan fingerprint density at radius 3 is 2.28 bits per heavy atom. The molecule has 0 bridgehead atoms. The fraction of sp³-hybridized carbons (Fsp3) is 0.294. The molecule has 25 heavy (non-hydrogen) atoms. The molecule has 1 atom stereocenters. The van der Waals surface area contributed by atoms with Crippen molar-refractivity contribution in [3.8, 4) is 0 Å². The zero-order valence-electron chi connectivity index (χ0n) is 13.5. The lowest BCUT2D eigenvalue weighted by molar-refractivity contribution is 0.0353. The number of halogens is 2. The Morgan fingerprint density at radius 1 is 1.12 bits per heavy atom. The van der Waals surface area contributed by atoms with E-state index in [-0.39, 0.29) is 33.9 Å². The number of hydrogen-bond acceptors (Lipinski definition) is 4. The molecule has 130 valence electrons. The number of rotatable bonds is 4. The number of nitrogens with zero attached hydrogens (tertiary/aromatic N) is 4. The van der Waals surface area contributed by atoms with E-state index >= 15 is 0 Å². The van der Waals surface area contributed by atoms with Crippen LogP contribution in [0.3, 0.4) is 0 Å². The molecule has 1 aliphatic heterocycles. The van der Waals surface area contributed by atoms with Crippen LogP contribution in [-0.4, -0.2) is 57.8 Å². The smallest absolute Gasteiger partial charge is 0.272 e. The number of amides is 2. The first-order valence-corrected chi connectivity index (χ1v) is 8.53. The van der Waals surface area contributed by atoms with Crippen LogP contribution in [0.2, 0.25) is 10.3 Å². The van der Waals surface area contributed by atoms with Crippen LogP contribution in [0.1, 0.15) is 27.4 Å². The van der Waals surface area contributed by atoms with Crippen LogP contribution in [0, 0.1) is 0 Å². The summed E-state index contributed by atoms with van der Waals surface area (Å²) in [5.74, 6) is -0.414. The van der Waals surface area contributed by atoms with Gasteiger partial charge in [0.15, 0.2) is 0 Å². The molecule has 3 heterocycles. The molecule has 0 N–H and O–H groups in total. The molecule has 0 radical (unpaired) electrons. The van der Waals surface area contributed by atoms with Crippen molar-refractivity contribution >= 4 is 35.0 Å². The number of hydrogen-bond donors (Lipinski definition) is 0. The predicted molar refractivity (Wildman–Crippen MR) is 94.9 cm³/mol. The number of likely N-dealkylation sites (tertiary alicyclic amines) is 1. The highest BCUT2D eigenvalue weighted by atomic mass is 35.5. The van der Waals surface area contributed by atoms with Crippen molar-refractivity contribution in [3.63, 3.8) is 0 Å². The third-order valence-electron chi connectivity index (χ3n) is 4.10. The van der Waals surface area contributed by atoms with Gasteiger partial charge in [0.05, 0.1) is 6.04 Å². The van der Waals surface area contributed by atoms with Crippen molar-refractivity contribution in [1.29, 1.82) is 0 Å². The van der Waals surface area contributed by atoms with Gasteiger partial charge in [-0.2, -0.15) is 0 Å². The van der Waals surface area contributed by atoms with Crippen molar-refractivity contribution in [3.05, 3.63) is 58.1 Å². The highest BCUT2D eigenvalue weighted by Crippen LogP contribution is 2.22. The molecule has 1 saturated heterocycles. The fourth-order valence-corrected chi connectivity index (χ4v) is 3.02. The van der Waals surface area contributed by atoms with Crippen molar-refractivity contribution in [2.24, 2.45) is 0 Å². The number of pyridine rings is 2. The average molecular weight is 379 g/mol. The molecule has 3 rings (SSSR count). The summed E-state index contributed by atoms with van der Waals surface area (Å²) in [5.41, 5.74) is 0.589. The van der Waals surface area contributed by atoms with Gasteiger partial charge in [0.25, 0.3) is 11.8 Å². The molecule has 8 heteroatoms. The van der Waals surface area contributed by atoms with E-state index in [4.69, 9.17) is 23.2 Å². The second-order valence-corrected chi connectivity index (χ2v) is 6.59. The van der Waals surface area contributed by atoms with Crippen LogP contribution >= 0.6 is 23.2 Å². The van der Waals surface area contributed by atoms with E-state index in [1.165, 1.54) is 0 Å². The molecular weight excluding hydrogens is 363 g/mol. The molecule has 1 fully saturated rings. The Kier molecular flexibility index (Phi) is 5.20. The van der Waals surface area contributed by atoms with Crippen molar-refractivity contribution in [1.82, 2.24) is 19.8 Å².